The molecule has 0 spiro atoms. The van der Waals surface area contributed by atoms with Gasteiger partial charge in [0.25, 0.3) is 0 Å². The molecule has 1 N–H and O–H groups in total. The Kier molecular flexibility index (Phi) is 3.43. The van der Waals surface area contributed by atoms with E-state index in [0.29, 0.717) is 5.95 Å². The smallest absolute Gasteiger partial charge is 0.223 e. The van der Waals surface area contributed by atoms with Crippen LogP contribution in [0.3, 0.4) is 0 Å². The molecule has 0 saturated heterocycles. The van der Waals surface area contributed by atoms with Crippen LogP contribution in [-0.4, -0.2) is 17.0 Å². The van der Waals surface area contributed by atoms with Crippen molar-refractivity contribution in [3.8, 4) is 11.3 Å². The largest absolute Gasteiger partial charge is 0.357 e. The molecular weight excluding hydrogens is 278 g/mol. The van der Waals surface area contributed by atoms with Gasteiger partial charge in [0.15, 0.2) is 0 Å². The second-order valence-corrected chi connectivity index (χ2v) is 4.84. The lowest BCUT2D eigenvalue weighted by atomic mass is 10.1. The summed E-state index contributed by atoms with van der Waals surface area (Å²) in [5.74, 6) is 0.652. The highest BCUT2D eigenvalue weighted by Crippen LogP contribution is 2.26. The highest BCUT2D eigenvalue weighted by molar-refractivity contribution is 9.10. The molecule has 2 rings (SSSR count). The van der Waals surface area contributed by atoms with E-state index < -0.39 is 0 Å². The Balaban J connectivity index is 2.59. The summed E-state index contributed by atoms with van der Waals surface area (Å²) in [4.78, 5) is 8.78. The van der Waals surface area contributed by atoms with Crippen molar-refractivity contribution >= 4 is 21.9 Å². The van der Waals surface area contributed by atoms with Crippen molar-refractivity contribution in [2.45, 2.75) is 13.8 Å². The van der Waals surface area contributed by atoms with Crippen molar-refractivity contribution in [2.24, 2.45) is 0 Å². The Morgan fingerprint density at radius 3 is 2.59 bits per heavy atom. The third-order valence-corrected chi connectivity index (χ3v) is 3.05. The molecule has 0 atom stereocenters. The van der Waals surface area contributed by atoms with Crippen molar-refractivity contribution < 1.29 is 0 Å². The standard InChI is InChI=1S/C13H14BrN3/c1-8-4-5-10(14)7-11(8)12-6-9(2)16-13(15-3)17-12/h4-7H,1-3H3,(H,15,16,17). The number of nitrogens with one attached hydrogen (secondary N) is 1. The molecular formula is C13H14BrN3. The summed E-state index contributed by atoms with van der Waals surface area (Å²) >= 11 is 3.49. The minimum atomic E-state index is 0.652. The fourth-order valence-corrected chi connectivity index (χ4v) is 2.05. The molecule has 1 aromatic carbocycles. The second kappa shape index (κ2) is 4.84. The van der Waals surface area contributed by atoms with Crippen molar-refractivity contribution in [3.63, 3.8) is 0 Å². The van der Waals surface area contributed by atoms with Crippen LogP contribution >= 0.6 is 15.9 Å². The van der Waals surface area contributed by atoms with E-state index in [4.69, 9.17) is 0 Å². The fraction of sp³-hybridized carbons (Fsp3) is 0.231. The van der Waals surface area contributed by atoms with Crippen molar-refractivity contribution in [1.29, 1.82) is 0 Å². The Morgan fingerprint density at radius 1 is 1.12 bits per heavy atom. The lowest BCUT2D eigenvalue weighted by Gasteiger charge is -2.08. The number of halogens is 1. The van der Waals surface area contributed by atoms with Gasteiger partial charge in [-0.1, -0.05) is 22.0 Å². The maximum absolute atomic E-state index is 4.48. The van der Waals surface area contributed by atoms with E-state index in [9.17, 15) is 0 Å². The molecule has 0 saturated carbocycles. The average molecular weight is 292 g/mol. The first-order chi connectivity index (χ1) is 8.10. The van der Waals surface area contributed by atoms with Crippen LogP contribution in [0.1, 0.15) is 11.3 Å². The van der Waals surface area contributed by atoms with Crippen molar-refractivity contribution in [3.05, 3.63) is 40.0 Å². The van der Waals surface area contributed by atoms with Gasteiger partial charge in [-0.15, -0.1) is 0 Å². The molecule has 0 amide bonds. The summed E-state index contributed by atoms with van der Waals surface area (Å²) in [7, 11) is 1.83. The predicted molar refractivity (Wildman–Crippen MR) is 74.2 cm³/mol. The number of aromatic nitrogens is 2. The number of aryl methyl sites for hydroxylation is 2. The van der Waals surface area contributed by atoms with E-state index in [1.807, 2.05) is 26.1 Å². The average Bonchev–Trinajstić information content (AvgIpc) is 2.31. The molecule has 0 radical (unpaired) electrons. The van der Waals surface area contributed by atoms with Gasteiger partial charge in [0.05, 0.1) is 5.69 Å². The maximum Gasteiger partial charge on any atom is 0.223 e. The summed E-state index contributed by atoms with van der Waals surface area (Å²) < 4.78 is 1.06. The molecule has 0 aliphatic heterocycles. The third-order valence-electron chi connectivity index (χ3n) is 2.55. The predicted octanol–water partition coefficient (Wildman–Crippen LogP) is 3.56. The van der Waals surface area contributed by atoms with E-state index in [1.165, 1.54) is 5.56 Å². The molecule has 4 heteroatoms. The zero-order valence-electron chi connectivity index (χ0n) is 10.1. The molecule has 17 heavy (non-hydrogen) atoms. The van der Waals surface area contributed by atoms with Gasteiger partial charge in [0, 0.05) is 22.8 Å². The molecule has 3 nitrogen and oxygen atoms in total. The van der Waals surface area contributed by atoms with Crippen LogP contribution in [0, 0.1) is 13.8 Å². The first-order valence-electron chi connectivity index (χ1n) is 5.40. The third kappa shape index (κ3) is 2.64. The first-order valence-corrected chi connectivity index (χ1v) is 6.19. The van der Waals surface area contributed by atoms with E-state index in [0.717, 1.165) is 21.4 Å². The number of nitrogens with zero attached hydrogens (tertiary/aromatic N) is 2. The van der Waals surface area contributed by atoms with Gasteiger partial charge in [0.2, 0.25) is 5.95 Å². The lowest BCUT2D eigenvalue weighted by Crippen LogP contribution is -1.99. The summed E-state index contributed by atoms with van der Waals surface area (Å²) in [5.41, 5.74) is 4.23. The molecule has 88 valence electrons. The lowest BCUT2D eigenvalue weighted by molar-refractivity contribution is 1.10. The highest BCUT2D eigenvalue weighted by atomic mass is 79.9. The first kappa shape index (κ1) is 12.0. The minimum Gasteiger partial charge on any atom is -0.357 e. The molecule has 2 aromatic rings. The van der Waals surface area contributed by atoms with Crippen LogP contribution in [0.2, 0.25) is 0 Å². The summed E-state index contributed by atoms with van der Waals surface area (Å²) in [6.07, 6.45) is 0. The molecule has 0 fully saturated rings. The Bertz CT molecular complexity index is 552. The molecule has 0 unspecified atom stereocenters. The SMILES string of the molecule is CNc1nc(C)cc(-c2cc(Br)ccc2C)n1. The zero-order valence-corrected chi connectivity index (χ0v) is 11.7. The fourth-order valence-electron chi connectivity index (χ4n) is 1.69. The minimum absolute atomic E-state index is 0.652. The monoisotopic (exact) mass is 291 g/mol. The van der Waals surface area contributed by atoms with Crippen LogP contribution in [0.5, 0.6) is 0 Å². The Hall–Kier alpha value is -1.42. The molecule has 0 aliphatic rings. The van der Waals surface area contributed by atoms with Gasteiger partial charge < -0.3 is 5.32 Å². The second-order valence-electron chi connectivity index (χ2n) is 3.93. The quantitative estimate of drug-likeness (QED) is 0.919. The van der Waals surface area contributed by atoms with Gasteiger partial charge in [-0.3, -0.25) is 0 Å². The normalized spacial score (nSPS) is 10.4. The van der Waals surface area contributed by atoms with Gasteiger partial charge in [-0.05, 0) is 37.6 Å². The molecule has 0 aliphatic carbocycles. The summed E-state index contributed by atoms with van der Waals surface area (Å²) in [6, 6.07) is 8.19. The van der Waals surface area contributed by atoms with E-state index >= 15 is 0 Å². The Labute approximate surface area is 109 Å². The van der Waals surface area contributed by atoms with Crippen LogP contribution in [0.4, 0.5) is 5.95 Å². The van der Waals surface area contributed by atoms with Gasteiger partial charge >= 0.3 is 0 Å². The zero-order chi connectivity index (χ0) is 12.4. The van der Waals surface area contributed by atoms with Gasteiger partial charge in [-0.25, -0.2) is 9.97 Å². The molecule has 1 heterocycles. The number of hydrogen-bond donors (Lipinski definition) is 1. The molecule has 1 aromatic heterocycles. The maximum atomic E-state index is 4.48. The number of hydrogen-bond acceptors (Lipinski definition) is 3. The van der Waals surface area contributed by atoms with E-state index in [2.05, 4.69) is 50.3 Å². The van der Waals surface area contributed by atoms with Crippen LogP contribution < -0.4 is 5.32 Å². The van der Waals surface area contributed by atoms with Crippen LogP contribution in [0.15, 0.2) is 28.7 Å². The number of benzene rings is 1. The Morgan fingerprint density at radius 2 is 1.88 bits per heavy atom. The topological polar surface area (TPSA) is 37.8 Å². The van der Waals surface area contributed by atoms with Crippen LogP contribution in [0.25, 0.3) is 11.3 Å². The summed E-state index contributed by atoms with van der Waals surface area (Å²) in [5, 5.41) is 2.98. The van der Waals surface area contributed by atoms with E-state index in [1.54, 1.807) is 0 Å². The number of anilines is 1. The van der Waals surface area contributed by atoms with Crippen molar-refractivity contribution in [1.82, 2.24) is 9.97 Å². The van der Waals surface area contributed by atoms with Gasteiger partial charge in [-0.2, -0.15) is 0 Å². The summed E-state index contributed by atoms with van der Waals surface area (Å²) in [6.45, 7) is 4.05. The van der Waals surface area contributed by atoms with E-state index in [-0.39, 0.29) is 0 Å². The molecule has 0 bridgehead atoms. The highest BCUT2D eigenvalue weighted by Gasteiger charge is 2.07. The van der Waals surface area contributed by atoms with Gasteiger partial charge in [0.1, 0.15) is 0 Å². The van der Waals surface area contributed by atoms with Crippen LogP contribution in [-0.2, 0) is 0 Å². The van der Waals surface area contributed by atoms with Crippen molar-refractivity contribution in [2.75, 3.05) is 12.4 Å². The number of rotatable bonds is 2.